The molecule has 0 spiro atoms. The van der Waals surface area contributed by atoms with E-state index >= 15 is 0 Å². The number of methoxy groups -OCH3 is 1. The first-order valence-corrected chi connectivity index (χ1v) is 11.3. The third-order valence-electron chi connectivity index (χ3n) is 4.89. The minimum Gasteiger partial charge on any atom is -0.496 e. The smallest absolute Gasteiger partial charge is 0.263 e. The molecule has 176 valence electrons. The van der Waals surface area contributed by atoms with Gasteiger partial charge in [-0.3, -0.25) is 14.5 Å². The Morgan fingerprint density at radius 2 is 2.00 bits per heavy atom. The number of Topliss-reactive ketones (excluding diaryl/α,β-unsaturated/α-hetero) is 1. The summed E-state index contributed by atoms with van der Waals surface area (Å²) < 4.78 is 33.0. The van der Waals surface area contributed by atoms with E-state index < -0.39 is 16.1 Å². The molecule has 1 aromatic carbocycles. The summed E-state index contributed by atoms with van der Waals surface area (Å²) in [6, 6.07) is 6.15. The van der Waals surface area contributed by atoms with Crippen molar-refractivity contribution in [2.45, 2.75) is 44.6 Å². The van der Waals surface area contributed by atoms with Crippen molar-refractivity contribution in [3.63, 3.8) is 0 Å². The van der Waals surface area contributed by atoms with Crippen LogP contribution in [-0.4, -0.2) is 45.2 Å². The van der Waals surface area contributed by atoms with Gasteiger partial charge in [0.2, 0.25) is 0 Å². The van der Waals surface area contributed by atoms with Gasteiger partial charge in [-0.15, -0.1) is 12.4 Å². The van der Waals surface area contributed by atoms with Crippen molar-refractivity contribution >= 4 is 34.6 Å². The van der Waals surface area contributed by atoms with Gasteiger partial charge >= 0.3 is 0 Å². The number of nitrogens with one attached hydrogen (secondary N) is 2. The van der Waals surface area contributed by atoms with Crippen molar-refractivity contribution < 1.29 is 17.9 Å². The van der Waals surface area contributed by atoms with Gasteiger partial charge in [0.05, 0.1) is 18.0 Å². The van der Waals surface area contributed by atoms with Crippen molar-refractivity contribution in [2.24, 2.45) is 10.8 Å². The first-order chi connectivity index (χ1) is 14.7. The van der Waals surface area contributed by atoms with Crippen LogP contribution in [0.3, 0.4) is 0 Å². The number of ether oxygens (including phenoxy) is 1. The molecule has 32 heavy (non-hydrogen) atoms. The Bertz CT molecular complexity index is 1050. The SMILES string of the molecule is COc1cc(C)c(S(=O)(=O)NC=NNCCC[C@H](N)C(=O)c2ccccn2)c(C)c1C.Cl. The van der Waals surface area contributed by atoms with Gasteiger partial charge < -0.3 is 15.9 Å². The third-order valence-corrected chi connectivity index (χ3v) is 6.47. The molecule has 0 amide bonds. The second kappa shape index (κ2) is 12.4. The number of hydrogen-bond acceptors (Lipinski definition) is 8. The summed E-state index contributed by atoms with van der Waals surface area (Å²) in [5.41, 5.74) is 11.0. The molecule has 0 aliphatic rings. The molecule has 0 aliphatic heterocycles. The number of halogens is 1. The van der Waals surface area contributed by atoms with Crippen LogP contribution in [0.15, 0.2) is 40.5 Å². The first-order valence-electron chi connectivity index (χ1n) is 9.81. The number of sulfonamides is 1. The highest BCUT2D eigenvalue weighted by molar-refractivity contribution is 7.90. The van der Waals surface area contributed by atoms with E-state index in [4.69, 9.17) is 10.5 Å². The highest BCUT2D eigenvalue weighted by Crippen LogP contribution is 2.30. The summed E-state index contributed by atoms with van der Waals surface area (Å²) in [5, 5.41) is 3.87. The molecule has 2 aromatic rings. The summed E-state index contributed by atoms with van der Waals surface area (Å²) in [5.74, 6) is 0.432. The Labute approximate surface area is 195 Å². The molecule has 1 atom stereocenters. The van der Waals surface area contributed by atoms with Gasteiger partial charge in [-0.1, -0.05) is 6.07 Å². The lowest BCUT2D eigenvalue weighted by Crippen LogP contribution is -2.32. The van der Waals surface area contributed by atoms with Crippen LogP contribution in [0.25, 0.3) is 0 Å². The van der Waals surface area contributed by atoms with Crippen LogP contribution in [0.5, 0.6) is 5.75 Å². The molecule has 0 saturated carbocycles. The number of carbonyl (C=O) groups excluding carboxylic acids is 1. The third kappa shape index (κ3) is 6.91. The van der Waals surface area contributed by atoms with Gasteiger partial charge in [0.25, 0.3) is 10.0 Å². The Morgan fingerprint density at radius 1 is 1.28 bits per heavy atom. The fourth-order valence-corrected chi connectivity index (χ4v) is 4.49. The number of nitrogens with zero attached hydrogens (tertiary/aromatic N) is 2. The molecule has 0 radical (unpaired) electrons. The van der Waals surface area contributed by atoms with Crippen LogP contribution >= 0.6 is 12.4 Å². The average Bonchev–Trinajstić information content (AvgIpc) is 2.75. The number of aromatic nitrogens is 1. The molecule has 0 unspecified atom stereocenters. The van der Waals surface area contributed by atoms with Crippen molar-refractivity contribution in [1.82, 2.24) is 15.1 Å². The Kier molecular flexibility index (Phi) is 10.6. The molecular weight excluding hydrogens is 454 g/mol. The zero-order valence-corrected chi connectivity index (χ0v) is 20.2. The van der Waals surface area contributed by atoms with Crippen LogP contribution < -0.4 is 20.6 Å². The Balaban J connectivity index is 0.00000512. The van der Waals surface area contributed by atoms with Crippen LogP contribution in [0.2, 0.25) is 0 Å². The standard InChI is InChI=1S/C21H29N5O4S.ClH/c1-14-12-19(30-4)15(2)16(3)21(14)31(28,29)26-13-25-24-11-7-8-17(22)20(27)18-9-5-6-10-23-18;/h5-6,9-10,12-13,17,24H,7-8,11,22H2,1-4H3,(H,25,26);1H/t17-;/m0./s1. The Morgan fingerprint density at radius 3 is 2.62 bits per heavy atom. The second-order valence-corrected chi connectivity index (χ2v) is 8.74. The summed E-state index contributed by atoms with van der Waals surface area (Å²) >= 11 is 0. The summed E-state index contributed by atoms with van der Waals surface area (Å²) in [6.07, 6.45) is 3.67. The maximum atomic E-state index is 12.7. The van der Waals surface area contributed by atoms with Gasteiger partial charge in [0, 0.05) is 12.7 Å². The molecule has 1 heterocycles. The highest BCUT2D eigenvalue weighted by atomic mass is 35.5. The van der Waals surface area contributed by atoms with E-state index in [2.05, 4.69) is 20.2 Å². The van der Waals surface area contributed by atoms with Gasteiger partial charge in [-0.2, -0.15) is 5.10 Å². The van der Waals surface area contributed by atoms with Crippen molar-refractivity contribution in [1.29, 1.82) is 0 Å². The van der Waals surface area contributed by atoms with Gasteiger partial charge in [-0.25, -0.2) is 8.42 Å². The summed E-state index contributed by atoms with van der Waals surface area (Å²) in [4.78, 5) is 16.4. The molecule has 0 saturated heterocycles. The molecular formula is C21H30ClN5O4S. The number of hydrogen-bond donors (Lipinski definition) is 3. The number of aryl methyl sites for hydroxylation is 1. The van der Waals surface area contributed by atoms with Crippen LogP contribution in [0.1, 0.15) is 40.0 Å². The number of hydrazone groups is 1. The predicted octanol–water partition coefficient (Wildman–Crippen LogP) is 2.24. The molecule has 0 aliphatic carbocycles. The lowest BCUT2D eigenvalue weighted by molar-refractivity contribution is 0.0951. The zero-order valence-electron chi connectivity index (χ0n) is 18.6. The quantitative estimate of drug-likeness (QED) is 0.146. The van der Waals surface area contributed by atoms with Gasteiger partial charge in [0.15, 0.2) is 5.78 Å². The minimum atomic E-state index is -3.78. The lowest BCUT2D eigenvalue weighted by atomic mass is 10.1. The molecule has 4 N–H and O–H groups in total. The number of rotatable bonds is 11. The van der Waals surface area contributed by atoms with E-state index in [-0.39, 0.29) is 23.1 Å². The molecule has 0 fully saturated rings. The second-order valence-electron chi connectivity index (χ2n) is 7.09. The number of ketones is 1. The van der Waals surface area contributed by atoms with E-state index in [0.717, 1.165) is 11.9 Å². The minimum absolute atomic E-state index is 0. The van der Waals surface area contributed by atoms with Crippen LogP contribution in [0.4, 0.5) is 0 Å². The number of benzene rings is 1. The number of carbonyl (C=O) groups is 1. The topological polar surface area (TPSA) is 136 Å². The largest absolute Gasteiger partial charge is 0.496 e. The molecule has 9 nitrogen and oxygen atoms in total. The maximum absolute atomic E-state index is 12.7. The van der Waals surface area contributed by atoms with Crippen molar-refractivity contribution in [3.8, 4) is 5.75 Å². The zero-order chi connectivity index (χ0) is 23.0. The fourth-order valence-electron chi connectivity index (χ4n) is 3.14. The monoisotopic (exact) mass is 483 g/mol. The van der Waals surface area contributed by atoms with E-state index in [1.54, 1.807) is 51.4 Å². The van der Waals surface area contributed by atoms with Crippen LogP contribution in [0, 0.1) is 20.8 Å². The van der Waals surface area contributed by atoms with E-state index in [1.165, 1.54) is 0 Å². The average molecular weight is 484 g/mol. The molecule has 11 heteroatoms. The summed E-state index contributed by atoms with van der Waals surface area (Å²) in [7, 11) is -2.23. The van der Waals surface area contributed by atoms with E-state index in [1.807, 2.05) is 6.92 Å². The summed E-state index contributed by atoms with van der Waals surface area (Å²) in [6.45, 7) is 5.70. The number of nitrogens with two attached hydrogens (primary N) is 1. The van der Waals surface area contributed by atoms with Gasteiger partial charge in [-0.05, 0) is 68.5 Å². The fraction of sp³-hybridized carbons (Fsp3) is 0.381. The van der Waals surface area contributed by atoms with Crippen molar-refractivity contribution in [3.05, 3.63) is 52.8 Å². The van der Waals surface area contributed by atoms with Crippen molar-refractivity contribution in [2.75, 3.05) is 13.7 Å². The van der Waals surface area contributed by atoms with E-state index in [0.29, 0.717) is 42.0 Å². The van der Waals surface area contributed by atoms with Gasteiger partial charge in [0.1, 0.15) is 17.8 Å². The first kappa shape index (κ1) is 27.3. The predicted molar refractivity (Wildman–Crippen MR) is 127 cm³/mol. The highest BCUT2D eigenvalue weighted by Gasteiger charge is 2.22. The molecule has 0 bridgehead atoms. The normalized spacial score (nSPS) is 12.2. The number of pyridine rings is 1. The Hall–Kier alpha value is -2.69. The van der Waals surface area contributed by atoms with Crippen LogP contribution in [-0.2, 0) is 10.0 Å². The maximum Gasteiger partial charge on any atom is 0.263 e. The molecule has 2 rings (SSSR count). The lowest BCUT2D eigenvalue weighted by Gasteiger charge is -2.15. The molecule has 1 aromatic heterocycles. The van der Waals surface area contributed by atoms with E-state index in [9.17, 15) is 13.2 Å².